The highest BCUT2D eigenvalue weighted by atomic mass is 127. The van der Waals surface area contributed by atoms with Crippen molar-refractivity contribution in [1.29, 1.82) is 0 Å². The van der Waals surface area contributed by atoms with Crippen LogP contribution in [0.3, 0.4) is 0 Å². The number of halogens is 1. The summed E-state index contributed by atoms with van der Waals surface area (Å²) in [7, 11) is 0. The summed E-state index contributed by atoms with van der Waals surface area (Å²) < 4.78 is 0.688. The van der Waals surface area contributed by atoms with Crippen molar-refractivity contribution in [2.75, 3.05) is 0 Å². The van der Waals surface area contributed by atoms with Gasteiger partial charge in [0.05, 0.1) is 0 Å². The van der Waals surface area contributed by atoms with Gasteiger partial charge >= 0.3 is 0 Å². The number of alkyl halides is 1. The summed E-state index contributed by atoms with van der Waals surface area (Å²) in [4.78, 5) is 0. The van der Waals surface area contributed by atoms with E-state index in [9.17, 15) is 0 Å². The molecule has 0 aromatic carbocycles. The minimum absolute atomic E-state index is 0.0145. The molecule has 8 heavy (non-hydrogen) atoms. The highest BCUT2D eigenvalue weighted by molar-refractivity contribution is 14.1. The van der Waals surface area contributed by atoms with Crippen LogP contribution in [-0.4, -0.2) is 9.46 Å². The summed E-state index contributed by atoms with van der Waals surface area (Å²) in [6.45, 7) is 6.29. The van der Waals surface area contributed by atoms with E-state index in [1.165, 1.54) is 0 Å². The molecule has 50 valence electrons. The molecular formula is C6H14IN. The summed E-state index contributed by atoms with van der Waals surface area (Å²) in [5.41, 5.74) is 5.75. The first-order chi connectivity index (χ1) is 3.42. The molecule has 0 aliphatic rings. The fraction of sp³-hybridized carbons (Fsp3) is 1.00. The molecule has 0 rings (SSSR count). The maximum Gasteiger partial charge on any atom is 0.0107 e. The summed E-state index contributed by atoms with van der Waals surface area (Å²) >= 11 is 2.39. The Morgan fingerprint density at radius 3 is 2.00 bits per heavy atom. The van der Waals surface area contributed by atoms with Crippen molar-refractivity contribution in [1.82, 2.24) is 0 Å². The Hall–Kier alpha value is 0.690. The minimum Gasteiger partial charge on any atom is -0.326 e. The molecule has 0 heterocycles. The molecular weight excluding hydrogens is 213 g/mol. The maximum atomic E-state index is 5.73. The fourth-order valence-electron chi connectivity index (χ4n) is 0.725. The van der Waals surface area contributed by atoms with E-state index in [0.717, 1.165) is 6.42 Å². The third-order valence-corrected chi connectivity index (χ3v) is 1.25. The molecule has 0 bridgehead atoms. The van der Waals surface area contributed by atoms with E-state index in [1.807, 2.05) is 0 Å². The SMILES string of the molecule is CC(I)CC(C)(C)N. The standard InChI is InChI=1S/C6H14IN/c1-5(7)4-6(2,3)8/h5H,4,8H2,1-3H3. The molecule has 1 atom stereocenters. The van der Waals surface area contributed by atoms with Crippen LogP contribution >= 0.6 is 22.6 Å². The average molecular weight is 227 g/mol. The number of rotatable bonds is 2. The number of hydrogen-bond acceptors (Lipinski definition) is 1. The second-order valence-corrected chi connectivity index (χ2v) is 5.10. The van der Waals surface area contributed by atoms with Crippen LogP contribution < -0.4 is 5.73 Å². The van der Waals surface area contributed by atoms with Gasteiger partial charge < -0.3 is 5.73 Å². The first kappa shape index (κ1) is 8.69. The maximum absolute atomic E-state index is 5.73. The smallest absolute Gasteiger partial charge is 0.0107 e. The monoisotopic (exact) mass is 227 g/mol. The molecule has 0 aromatic rings. The Balaban J connectivity index is 3.39. The van der Waals surface area contributed by atoms with Crippen LogP contribution in [0.25, 0.3) is 0 Å². The summed E-state index contributed by atoms with van der Waals surface area (Å²) in [5.74, 6) is 0. The van der Waals surface area contributed by atoms with Gasteiger partial charge in [0.2, 0.25) is 0 Å². The van der Waals surface area contributed by atoms with Gasteiger partial charge in [0, 0.05) is 9.46 Å². The predicted molar refractivity (Wildman–Crippen MR) is 46.4 cm³/mol. The van der Waals surface area contributed by atoms with Crippen molar-refractivity contribution in [2.24, 2.45) is 5.73 Å². The summed E-state index contributed by atoms with van der Waals surface area (Å²) in [5, 5.41) is 0. The van der Waals surface area contributed by atoms with E-state index in [-0.39, 0.29) is 5.54 Å². The lowest BCUT2D eigenvalue weighted by Gasteiger charge is -2.19. The predicted octanol–water partition coefficient (Wildman–Crippen LogP) is 1.94. The minimum atomic E-state index is 0.0145. The third kappa shape index (κ3) is 6.69. The van der Waals surface area contributed by atoms with Crippen molar-refractivity contribution in [3.8, 4) is 0 Å². The second-order valence-electron chi connectivity index (χ2n) is 2.97. The number of nitrogens with two attached hydrogens (primary N) is 1. The van der Waals surface area contributed by atoms with Crippen molar-refractivity contribution in [3.05, 3.63) is 0 Å². The molecule has 0 saturated carbocycles. The van der Waals surface area contributed by atoms with Gasteiger partial charge in [-0.05, 0) is 20.3 Å². The van der Waals surface area contributed by atoms with Gasteiger partial charge in [0.1, 0.15) is 0 Å². The van der Waals surface area contributed by atoms with E-state index in [0.29, 0.717) is 3.92 Å². The Bertz CT molecular complexity index is 63.4. The lowest BCUT2D eigenvalue weighted by molar-refractivity contribution is 0.482. The molecule has 0 fully saturated rings. The zero-order valence-electron chi connectivity index (χ0n) is 5.74. The first-order valence-corrected chi connectivity index (χ1v) is 4.09. The Morgan fingerprint density at radius 2 is 2.00 bits per heavy atom. The Kier molecular flexibility index (Phi) is 3.27. The molecule has 0 spiro atoms. The lowest BCUT2D eigenvalue weighted by atomic mass is 10.0. The van der Waals surface area contributed by atoms with Crippen LogP contribution in [0.4, 0.5) is 0 Å². The summed E-state index contributed by atoms with van der Waals surface area (Å²) in [6.07, 6.45) is 1.09. The highest BCUT2D eigenvalue weighted by Crippen LogP contribution is 2.13. The second kappa shape index (κ2) is 3.01. The largest absolute Gasteiger partial charge is 0.326 e. The van der Waals surface area contributed by atoms with E-state index in [4.69, 9.17) is 5.73 Å². The van der Waals surface area contributed by atoms with Gasteiger partial charge in [-0.2, -0.15) is 0 Å². The Labute approximate surface area is 65.2 Å². The van der Waals surface area contributed by atoms with Crippen molar-refractivity contribution in [2.45, 2.75) is 36.7 Å². The summed E-state index contributed by atoms with van der Waals surface area (Å²) in [6, 6.07) is 0. The molecule has 1 nitrogen and oxygen atoms in total. The van der Waals surface area contributed by atoms with E-state index < -0.39 is 0 Å². The molecule has 0 aromatic heterocycles. The van der Waals surface area contributed by atoms with Gasteiger partial charge in [0.15, 0.2) is 0 Å². The normalized spacial score (nSPS) is 16.1. The quantitative estimate of drug-likeness (QED) is 0.566. The molecule has 1 unspecified atom stereocenters. The first-order valence-electron chi connectivity index (χ1n) is 2.85. The Morgan fingerprint density at radius 1 is 1.62 bits per heavy atom. The van der Waals surface area contributed by atoms with Crippen molar-refractivity contribution in [3.63, 3.8) is 0 Å². The lowest BCUT2D eigenvalue weighted by Crippen LogP contribution is -2.33. The van der Waals surface area contributed by atoms with Crippen LogP contribution in [0.1, 0.15) is 27.2 Å². The fourth-order valence-corrected chi connectivity index (χ4v) is 1.86. The zero-order chi connectivity index (χ0) is 6.78. The average Bonchev–Trinajstić information content (AvgIpc) is 1.21. The van der Waals surface area contributed by atoms with Gasteiger partial charge in [-0.3, -0.25) is 0 Å². The number of hydrogen-bond donors (Lipinski definition) is 1. The molecule has 0 amide bonds. The molecule has 2 N–H and O–H groups in total. The molecule has 0 aliphatic carbocycles. The zero-order valence-corrected chi connectivity index (χ0v) is 7.90. The highest BCUT2D eigenvalue weighted by Gasteiger charge is 2.12. The van der Waals surface area contributed by atoms with Crippen LogP contribution in [0.2, 0.25) is 0 Å². The van der Waals surface area contributed by atoms with Gasteiger partial charge in [0.25, 0.3) is 0 Å². The van der Waals surface area contributed by atoms with Crippen LogP contribution in [0.15, 0.2) is 0 Å². The van der Waals surface area contributed by atoms with E-state index >= 15 is 0 Å². The molecule has 0 aliphatic heterocycles. The van der Waals surface area contributed by atoms with Crippen LogP contribution in [-0.2, 0) is 0 Å². The van der Waals surface area contributed by atoms with Crippen molar-refractivity contribution < 1.29 is 0 Å². The van der Waals surface area contributed by atoms with Gasteiger partial charge in [-0.15, -0.1) is 0 Å². The van der Waals surface area contributed by atoms with Gasteiger partial charge in [-0.1, -0.05) is 29.5 Å². The van der Waals surface area contributed by atoms with Crippen LogP contribution in [0.5, 0.6) is 0 Å². The topological polar surface area (TPSA) is 26.0 Å². The molecule has 2 heteroatoms. The van der Waals surface area contributed by atoms with E-state index in [2.05, 4.69) is 43.4 Å². The van der Waals surface area contributed by atoms with E-state index in [1.54, 1.807) is 0 Å². The van der Waals surface area contributed by atoms with Crippen molar-refractivity contribution >= 4 is 22.6 Å². The third-order valence-electron chi connectivity index (χ3n) is 0.807. The van der Waals surface area contributed by atoms with Crippen LogP contribution in [0, 0.1) is 0 Å². The molecule has 0 radical (unpaired) electrons. The van der Waals surface area contributed by atoms with Gasteiger partial charge in [-0.25, -0.2) is 0 Å². The molecule has 0 saturated heterocycles.